The quantitative estimate of drug-likeness (QED) is 0.735. The molecule has 1 saturated heterocycles. The van der Waals surface area contributed by atoms with Gasteiger partial charge in [-0.05, 0) is 49.7 Å². The number of hydrogen-bond acceptors (Lipinski definition) is 5. The standard InChI is InChI=1S/C17H23N5O3S2/c1-12-6-7-13(27(24,25)22-8-4-3-5-9-22)10-14(12)16(23)18-11-15-19-20-17(26)21(15)2/h6-7,10H,3-5,8-9,11H2,1-2H3,(H,18,23)(H,20,26). The molecule has 1 amide bonds. The molecule has 1 fully saturated rings. The minimum atomic E-state index is -3.59. The Morgan fingerprint density at radius 3 is 2.63 bits per heavy atom. The largest absolute Gasteiger partial charge is 0.345 e. The Labute approximate surface area is 163 Å². The lowest BCUT2D eigenvalue weighted by Crippen LogP contribution is -2.35. The second-order valence-electron chi connectivity index (χ2n) is 6.63. The Hall–Kier alpha value is -2.04. The highest BCUT2D eigenvalue weighted by molar-refractivity contribution is 7.89. The van der Waals surface area contributed by atoms with E-state index in [-0.39, 0.29) is 17.3 Å². The second-order valence-corrected chi connectivity index (χ2v) is 8.95. The summed E-state index contributed by atoms with van der Waals surface area (Å²) in [6.45, 7) is 3.01. The van der Waals surface area contributed by atoms with Gasteiger partial charge in [0, 0.05) is 25.7 Å². The lowest BCUT2D eigenvalue weighted by Gasteiger charge is -2.26. The summed E-state index contributed by atoms with van der Waals surface area (Å²) in [5.74, 6) is 0.236. The Balaban J connectivity index is 1.81. The van der Waals surface area contributed by atoms with E-state index in [1.54, 1.807) is 30.7 Å². The molecule has 0 aliphatic carbocycles. The Kier molecular flexibility index (Phi) is 5.78. The third-order valence-electron chi connectivity index (χ3n) is 4.79. The Morgan fingerprint density at radius 2 is 2.00 bits per heavy atom. The number of amides is 1. The van der Waals surface area contributed by atoms with Crippen molar-refractivity contribution < 1.29 is 13.2 Å². The zero-order valence-electron chi connectivity index (χ0n) is 15.4. The number of piperidine rings is 1. The van der Waals surface area contributed by atoms with Crippen molar-refractivity contribution in [1.29, 1.82) is 0 Å². The average molecular weight is 410 g/mol. The van der Waals surface area contributed by atoms with Gasteiger partial charge in [0.15, 0.2) is 10.6 Å². The number of carbonyl (C=O) groups is 1. The minimum absolute atomic E-state index is 0.151. The summed E-state index contributed by atoms with van der Waals surface area (Å²) in [5.41, 5.74) is 1.05. The van der Waals surface area contributed by atoms with Gasteiger partial charge in [0.25, 0.3) is 5.91 Å². The summed E-state index contributed by atoms with van der Waals surface area (Å²) in [6, 6.07) is 4.69. The number of aryl methyl sites for hydroxylation is 1. The topological polar surface area (TPSA) is 100 Å². The first kappa shape index (κ1) is 19.7. The van der Waals surface area contributed by atoms with E-state index in [1.165, 1.54) is 10.4 Å². The minimum Gasteiger partial charge on any atom is -0.345 e. The van der Waals surface area contributed by atoms with Gasteiger partial charge in [0.2, 0.25) is 10.0 Å². The van der Waals surface area contributed by atoms with Gasteiger partial charge < -0.3 is 9.88 Å². The van der Waals surface area contributed by atoms with Crippen LogP contribution >= 0.6 is 12.2 Å². The SMILES string of the molecule is Cc1ccc(S(=O)(=O)N2CCCCC2)cc1C(=O)NCc1n[nH]c(=S)n1C. The molecule has 3 rings (SSSR count). The van der Waals surface area contributed by atoms with E-state index in [2.05, 4.69) is 15.5 Å². The number of hydrogen-bond donors (Lipinski definition) is 2. The third-order valence-corrected chi connectivity index (χ3v) is 7.05. The van der Waals surface area contributed by atoms with Crippen molar-refractivity contribution in [2.75, 3.05) is 13.1 Å². The van der Waals surface area contributed by atoms with Crippen molar-refractivity contribution in [3.8, 4) is 0 Å². The molecule has 8 nitrogen and oxygen atoms in total. The van der Waals surface area contributed by atoms with Crippen LogP contribution in [0.25, 0.3) is 0 Å². The molecule has 0 radical (unpaired) electrons. The summed E-state index contributed by atoms with van der Waals surface area (Å²) in [5, 5.41) is 9.48. The van der Waals surface area contributed by atoms with Gasteiger partial charge in [-0.25, -0.2) is 8.42 Å². The lowest BCUT2D eigenvalue weighted by molar-refractivity contribution is 0.0948. The van der Waals surface area contributed by atoms with Crippen molar-refractivity contribution in [2.45, 2.75) is 37.6 Å². The highest BCUT2D eigenvalue weighted by Crippen LogP contribution is 2.22. The highest BCUT2D eigenvalue weighted by Gasteiger charge is 2.27. The molecule has 2 heterocycles. The van der Waals surface area contributed by atoms with E-state index in [4.69, 9.17) is 12.2 Å². The van der Waals surface area contributed by atoms with E-state index in [0.29, 0.717) is 34.8 Å². The van der Waals surface area contributed by atoms with Crippen molar-refractivity contribution in [1.82, 2.24) is 24.4 Å². The van der Waals surface area contributed by atoms with E-state index in [9.17, 15) is 13.2 Å². The maximum Gasteiger partial charge on any atom is 0.251 e. The van der Waals surface area contributed by atoms with Gasteiger partial charge in [0.1, 0.15) is 0 Å². The first-order valence-electron chi connectivity index (χ1n) is 8.80. The fourth-order valence-corrected chi connectivity index (χ4v) is 4.75. The van der Waals surface area contributed by atoms with Crippen LogP contribution in [0.5, 0.6) is 0 Å². The van der Waals surface area contributed by atoms with E-state index in [0.717, 1.165) is 19.3 Å². The molecule has 0 atom stereocenters. The average Bonchev–Trinajstić information content (AvgIpc) is 2.99. The maximum atomic E-state index is 12.9. The molecule has 2 N–H and O–H groups in total. The molecule has 1 aliphatic heterocycles. The van der Waals surface area contributed by atoms with Gasteiger partial charge in [0.05, 0.1) is 11.4 Å². The zero-order chi connectivity index (χ0) is 19.6. The van der Waals surface area contributed by atoms with Crippen LogP contribution in [-0.4, -0.2) is 46.5 Å². The fourth-order valence-electron chi connectivity index (χ4n) is 3.05. The van der Waals surface area contributed by atoms with E-state index < -0.39 is 10.0 Å². The third kappa shape index (κ3) is 4.12. The molecule has 1 aromatic heterocycles. The number of rotatable bonds is 5. The number of benzene rings is 1. The zero-order valence-corrected chi connectivity index (χ0v) is 17.0. The predicted molar refractivity (Wildman–Crippen MR) is 103 cm³/mol. The van der Waals surface area contributed by atoms with Crippen molar-refractivity contribution in [3.63, 3.8) is 0 Å². The maximum absolute atomic E-state index is 12.9. The van der Waals surface area contributed by atoms with Crippen LogP contribution in [0.2, 0.25) is 0 Å². The molecule has 0 saturated carbocycles. The molecule has 146 valence electrons. The van der Waals surface area contributed by atoms with Crippen LogP contribution < -0.4 is 5.32 Å². The van der Waals surface area contributed by atoms with Crippen molar-refractivity contribution in [3.05, 3.63) is 39.9 Å². The van der Waals surface area contributed by atoms with Crippen LogP contribution in [0.1, 0.15) is 41.0 Å². The van der Waals surface area contributed by atoms with Crippen LogP contribution in [-0.2, 0) is 23.6 Å². The number of H-pyrrole nitrogens is 1. The highest BCUT2D eigenvalue weighted by atomic mass is 32.2. The van der Waals surface area contributed by atoms with Gasteiger partial charge in [-0.15, -0.1) is 0 Å². The number of aromatic nitrogens is 3. The summed E-state index contributed by atoms with van der Waals surface area (Å²) < 4.78 is 29.4. The van der Waals surface area contributed by atoms with Gasteiger partial charge in [-0.3, -0.25) is 9.89 Å². The number of sulfonamides is 1. The Morgan fingerprint density at radius 1 is 1.30 bits per heavy atom. The molecule has 27 heavy (non-hydrogen) atoms. The molecule has 0 bridgehead atoms. The monoisotopic (exact) mass is 409 g/mol. The van der Waals surface area contributed by atoms with Gasteiger partial charge >= 0.3 is 0 Å². The lowest BCUT2D eigenvalue weighted by atomic mass is 10.1. The summed E-state index contributed by atoms with van der Waals surface area (Å²) in [6.07, 6.45) is 2.78. The summed E-state index contributed by atoms with van der Waals surface area (Å²) in [4.78, 5) is 12.8. The van der Waals surface area contributed by atoms with Gasteiger partial charge in [-0.1, -0.05) is 12.5 Å². The molecule has 1 aromatic carbocycles. The molecule has 1 aliphatic rings. The first-order chi connectivity index (χ1) is 12.8. The summed E-state index contributed by atoms with van der Waals surface area (Å²) in [7, 11) is -1.83. The second kappa shape index (κ2) is 7.91. The summed E-state index contributed by atoms with van der Waals surface area (Å²) >= 11 is 5.05. The van der Waals surface area contributed by atoms with E-state index >= 15 is 0 Å². The molecular formula is C17H23N5O3S2. The number of nitrogens with zero attached hydrogens (tertiary/aromatic N) is 3. The van der Waals surface area contributed by atoms with E-state index in [1.807, 2.05) is 0 Å². The normalized spacial score (nSPS) is 15.6. The Bertz CT molecular complexity index is 1000. The molecular weight excluding hydrogens is 386 g/mol. The predicted octanol–water partition coefficient (Wildman–Crippen LogP) is 1.89. The van der Waals surface area contributed by atoms with Crippen molar-refractivity contribution >= 4 is 28.1 Å². The van der Waals surface area contributed by atoms with Crippen molar-refractivity contribution in [2.24, 2.45) is 7.05 Å². The number of carbonyl (C=O) groups excluding carboxylic acids is 1. The molecule has 2 aromatic rings. The smallest absolute Gasteiger partial charge is 0.251 e. The van der Waals surface area contributed by atoms with Gasteiger partial charge in [-0.2, -0.15) is 9.40 Å². The van der Waals surface area contributed by atoms with Crippen LogP contribution in [0.4, 0.5) is 0 Å². The van der Waals surface area contributed by atoms with Crippen LogP contribution in [0.15, 0.2) is 23.1 Å². The number of aromatic amines is 1. The molecule has 0 unspecified atom stereocenters. The molecule has 10 heteroatoms. The van der Waals surface area contributed by atoms with Crippen LogP contribution in [0, 0.1) is 11.7 Å². The van der Waals surface area contributed by atoms with Crippen LogP contribution in [0.3, 0.4) is 0 Å². The first-order valence-corrected chi connectivity index (χ1v) is 10.6. The number of nitrogens with one attached hydrogen (secondary N) is 2. The fraction of sp³-hybridized carbons (Fsp3) is 0.471. The molecule has 0 spiro atoms.